The lowest BCUT2D eigenvalue weighted by Gasteiger charge is -2.14. The van der Waals surface area contributed by atoms with Crippen molar-refractivity contribution in [1.82, 2.24) is 5.32 Å². The third kappa shape index (κ3) is 5.48. The molecular formula is C11H18ClN3O2S. The first-order valence-electron chi connectivity index (χ1n) is 5.36. The Morgan fingerprint density at radius 3 is 2.61 bits per heavy atom. The van der Waals surface area contributed by atoms with Gasteiger partial charge in [-0.3, -0.25) is 9.59 Å². The van der Waals surface area contributed by atoms with Crippen LogP contribution in [0.25, 0.3) is 0 Å². The number of hydrogen-bond donors (Lipinski definition) is 3. The predicted octanol–water partition coefficient (Wildman–Crippen LogP) is 1.21. The number of carbonyl (C=O) groups is 2. The molecule has 1 atom stereocenters. The maximum atomic E-state index is 11.5. The molecule has 0 radical (unpaired) electrons. The lowest BCUT2D eigenvalue weighted by atomic mass is 10.1. The lowest BCUT2D eigenvalue weighted by Crippen LogP contribution is -2.46. The van der Waals surface area contributed by atoms with Gasteiger partial charge in [-0.05, 0) is 17.4 Å². The van der Waals surface area contributed by atoms with Crippen molar-refractivity contribution < 1.29 is 9.59 Å². The Bertz CT molecular complexity index is 382. The van der Waals surface area contributed by atoms with E-state index < -0.39 is 6.04 Å². The number of carbonyl (C=O) groups excluding carboxylic acids is 2. The topological polar surface area (TPSA) is 84.2 Å². The van der Waals surface area contributed by atoms with Crippen LogP contribution in [0, 0.1) is 5.92 Å². The first-order valence-corrected chi connectivity index (χ1v) is 6.30. The van der Waals surface area contributed by atoms with Crippen LogP contribution in [0.15, 0.2) is 16.8 Å². The summed E-state index contributed by atoms with van der Waals surface area (Å²) >= 11 is 1.49. The zero-order valence-corrected chi connectivity index (χ0v) is 11.9. The summed E-state index contributed by atoms with van der Waals surface area (Å²) in [5.41, 5.74) is 6.38. The Morgan fingerprint density at radius 2 is 2.11 bits per heavy atom. The second-order valence-corrected chi connectivity index (χ2v) is 4.83. The van der Waals surface area contributed by atoms with E-state index in [9.17, 15) is 9.59 Å². The monoisotopic (exact) mass is 291 g/mol. The van der Waals surface area contributed by atoms with Gasteiger partial charge >= 0.3 is 0 Å². The molecule has 0 fully saturated rings. The van der Waals surface area contributed by atoms with Crippen LogP contribution in [0.5, 0.6) is 0 Å². The molecule has 18 heavy (non-hydrogen) atoms. The van der Waals surface area contributed by atoms with Crippen molar-refractivity contribution in [3.8, 4) is 0 Å². The molecule has 0 aliphatic rings. The molecule has 1 aromatic heterocycles. The van der Waals surface area contributed by atoms with Gasteiger partial charge in [0.15, 0.2) is 0 Å². The molecule has 1 heterocycles. The minimum Gasteiger partial charge on any atom is -0.346 e. The van der Waals surface area contributed by atoms with E-state index in [1.165, 1.54) is 11.3 Å². The third-order valence-corrected chi connectivity index (χ3v) is 2.93. The van der Waals surface area contributed by atoms with E-state index in [1.807, 2.05) is 24.6 Å². The molecule has 2 amide bonds. The second-order valence-electron chi connectivity index (χ2n) is 4.05. The summed E-state index contributed by atoms with van der Waals surface area (Å²) in [5.74, 6) is -0.511. The van der Waals surface area contributed by atoms with Gasteiger partial charge in [-0.15, -0.1) is 12.4 Å². The van der Waals surface area contributed by atoms with Crippen LogP contribution in [0.4, 0.5) is 5.69 Å². The van der Waals surface area contributed by atoms with Gasteiger partial charge in [0.05, 0.1) is 18.3 Å². The second kappa shape index (κ2) is 8.07. The highest BCUT2D eigenvalue weighted by Crippen LogP contribution is 2.11. The number of halogens is 1. The van der Waals surface area contributed by atoms with Crippen molar-refractivity contribution in [2.45, 2.75) is 19.9 Å². The molecule has 0 unspecified atom stereocenters. The van der Waals surface area contributed by atoms with Crippen LogP contribution >= 0.6 is 23.7 Å². The summed E-state index contributed by atoms with van der Waals surface area (Å²) in [6, 6.07) is 1.22. The Balaban J connectivity index is 0.00000289. The highest BCUT2D eigenvalue weighted by molar-refractivity contribution is 7.08. The summed E-state index contributed by atoms with van der Waals surface area (Å²) in [5, 5.41) is 8.85. The van der Waals surface area contributed by atoms with Gasteiger partial charge in [0, 0.05) is 5.38 Å². The SMILES string of the molecule is CC(C)[C@H](N)C(=O)NCC(=O)Nc1ccsc1.Cl. The zero-order chi connectivity index (χ0) is 12.8. The average molecular weight is 292 g/mol. The Hall–Kier alpha value is -1.11. The fourth-order valence-electron chi connectivity index (χ4n) is 1.13. The van der Waals surface area contributed by atoms with E-state index >= 15 is 0 Å². The average Bonchev–Trinajstić information content (AvgIpc) is 2.77. The number of amides is 2. The van der Waals surface area contributed by atoms with Crippen molar-refractivity contribution in [2.75, 3.05) is 11.9 Å². The highest BCUT2D eigenvalue weighted by Gasteiger charge is 2.17. The van der Waals surface area contributed by atoms with Gasteiger partial charge in [0.2, 0.25) is 11.8 Å². The van der Waals surface area contributed by atoms with Gasteiger partial charge in [0.1, 0.15) is 0 Å². The molecular weight excluding hydrogens is 274 g/mol. The van der Waals surface area contributed by atoms with Gasteiger partial charge in [0.25, 0.3) is 0 Å². The molecule has 0 aromatic carbocycles. The first kappa shape index (κ1) is 16.9. The number of nitrogens with two attached hydrogens (primary N) is 1. The van der Waals surface area contributed by atoms with Gasteiger partial charge < -0.3 is 16.4 Å². The molecule has 102 valence electrons. The lowest BCUT2D eigenvalue weighted by molar-refractivity contribution is -0.125. The summed E-state index contributed by atoms with van der Waals surface area (Å²) in [4.78, 5) is 22.9. The fraction of sp³-hybridized carbons (Fsp3) is 0.455. The summed E-state index contributed by atoms with van der Waals surface area (Å²) in [6.07, 6.45) is 0. The molecule has 0 saturated carbocycles. The number of nitrogens with one attached hydrogen (secondary N) is 2. The quantitative estimate of drug-likeness (QED) is 0.762. The van der Waals surface area contributed by atoms with Crippen LogP contribution < -0.4 is 16.4 Å². The van der Waals surface area contributed by atoms with Gasteiger partial charge in [-0.2, -0.15) is 11.3 Å². The van der Waals surface area contributed by atoms with E-state index in [0.717, 1.165) is 5.69 Å². The van der Waals surface area contributed by atoms with Crippen LogP contribution in [0.2, 0.25) is 0 Å². The van der Waals surface area contributed by atoms with E-state index in [1.54, 1.807) is 6.07 Å². The minimum atomic E-state index is -0.580. The molecule has 1 rings (SSSR count). The molecule has 1 aromatic rings. The molecule has 0 aliphatic carbocycles. The largest absolute Gasteiger partial charge is 0.346 e. The Kier molecular flexibility index (Phi) is 7.58. The molecule has 5 nitrogen and oxygen atoms in total. The number of hydrogen-bond acceptors (Lipinski definition) is 4. The van der Waals surface area contributed by atoms with E-state index in [2.05, 4.69) is 10.6 Å². The third-order valence-electron chi connectivity index (χ3n) is 2.25. The van der Waals surface area contributed by atoms with E-state index in [-0.39, 0.29) is 36.7 Å². The molecule has 0 bridgehead atoms. The Labute approximate surface area is 117 Å². The minimum absolute atomic E-state index is 0. The van der Waals surface area contributed by atoms with Gasteiger partial charge in [-0.1, -0.05) is 13.8 Å². The molecule has 7 heteroatoms. The van der Waals surface area contributed by atoms with Crippen LogP contribution in [0.1, 0.15) is 13.8 Å². The van der Waals surface area contributed by atoms with Crippen LogP contribution in [-0.2, 0) is 9.59 Å². The molecule has 0 saturated heterocycles. The Morgan fingerprint density at radius 1 is 1.44 bits per heavy atom. The summed E-state index contributed by atoms with van der Waals surface area (Å²) < 4.78 is 0. The van der Waals surface area contributed by atoms with Crippen LogP contribution in [-0.4, -0.2) is 24.4 Å². The standard InChI is InChI=1S/C11H17N3O2S.ClH/c1-7(2)10(12)11(16)13-5-9(15)14-8-3-4-17-6-8;/h3-4,6-7,10H,5,12H2,1-2H3,(H,13,16)(H,14,15);1H/t10-;/m0./s1. The van der Waals surface area contributed by atoms with Crippen molar-refractivity contribution >= 4 is 41.2 Å². The number of rotatable bonds is 5. The van der Waals surface area contributed by atoms with E-state index in [0.29, 0.717) is 0 Å². The van der Waals surface area contributed by atoms with E-state index in [4.69, 9.17) is 5.73 Å². The highest BCUT2D eigenvalue weighted by atomic mass is 35.5. The summed E-state index contributed by atoms with van der Waals surface area (Å²) in [7, 11) is 0. The normalized spacial score (nSPS) is 11.6. The van der Waals surface area contributed by atoms with Crippen molar-refractivity contribution in [3.05, 3.63) is 16.8 Å². The molecule has 0 aliphatic heterocycles. The van der Waals surface area contributed by atoms with Crippen molar-refractivity contribution in [3.63, 3.8) is 0 Å². The molecule has 4 N–H and O–H groups in total. The maximum Gasteiger partial charge on any atom is 0.243 e. The van der Waals surface area contributed by atoms with Crippen molar-refractivity contribution in [2.24, 2.45) is 11.7 Å². The van der Waals surface area contributed by atoms with Crippen molar-refractivity contribution in [1.29, 1.82) is 0 Å². The number of anilines is 1. The maximum absolute atomic E-state index is 11.5. The predicted molar refractivity (Wildman–Crippen MR) is 76.0 cm³/mol. The zero-order valence-electron chi connectivity index (χ0n) is 10.3. The van der Waals surface area contributed by atoms with Crippen LogP contribution in [0.3, 0.4) is 0 Å². The fourth-order valence-corrected chi connectivity index (χ4v) is 1.72. The first-order chi connectivity index (χ1) is 8.00. The molecule has 0 spiro atoms. The number of thiophene rings is 1. The summed E-state index contributed by atoms with van der Waals surface area (Å²) in [6.45, 7) is 3.65. The van der Waals surface area contributed by atoms with Gasteiger partial charge in [-0.25, -0.2) is 0 Å². The smallest absolute Gasteiger partial charge is 0.243 e.